The van der Waals surface area contributed by atoms with Crippen LogP contribution in [0.15, 0.2) is 53.5 Å². The summed E-state index contributed by atoms with van der Waals surface area (Å²) in [5.41, 5.74) is 1.51. The highest BCUT2D eigenvalue weighted by Gasteiger charge is 2.27. The lowest BCUT2D eigenvalue weighted by Gasteiger charge is -2.19. The molecule has 0 spiro atoms. The van der Waals surface area contributed by atoms with Gasteiger partial charge in [-0.2, -0.15) is 0 Å². The fourth-order valence-corrected chi connectivity index (χ4v) is 2.25. The third-order valence-electron chi connectivity index (χ3n) is 3.14. The largest absolute Gasteiger partial charge is 0.358 e. The summed E-state index contributed by atoms with van der Waals surface area (Å²) >= 11 is 0. The molecule has 0 amide bonds. The van der Waals surface area contributed by atoms with E-state index in [9.17, 15) is 8.78 Å². The molecule has 0 fully saturated rings. The van der Waals surface area contributed by atoms with Crippen LogP contribution in [0.2, 0.25) is 0 Å². The maximum absolute atomic E-state index is 13.3. The molecule has 95 valence electrons. The van der Waals surface area contributed by atoms with E-state index in [1.54, 1.807) is 18.2 Å². The van der Waals surface area contributed by atoms with Gasteiger partial charge in [-0.3, -0.25) is 4.99 Å². The van der Waals surface area contributed by atoms with E-state index in [1.165, 1.54) is 24.3 Å². The van der Waals surface area contributed by atoms with E-state index in [1.807, 2.05) is 6.07 Å². The van der Waals surface area contributed by atoms with E-state index in [-0.39, 0.29) is 23.7 Å². The van der Waals surface area contributed by atoms with Gasteiger partial charge in [-0.1, -0.05) is 24.3 Å². The van der Waals surface area contributed by atoms with E-state index in [4.69, 9.17) is 0 Å². The molecule has 4 heteroatoms. The molecule has 2 aromatic rings. The average Bonchev–Trinajstić information content (AvgIpc) is 2.88. The van der Waals surface area contributed by atoms with Crippen molar-refractivity contribution in [2.75, 3.05) is 0 Å². The second-order valence-corrected chi connectivity index (χ2v) is 4.42. The number of hydrogen-bond acceptors (Lipinski definition) is 2. The molecule has 0 saturated carbocycles. The highest BCUT2D eigenvalue weighted by atomic mass is 19.1. The van der Waals surface area contributed by atoms with Crippen molar-refractivity contribution in [3.63, 3.8) is 0 Å². The summed E-state index contributed by atoms with van der Waals surface area (Å²) in [4.78, 5) is 4.18. The van der Waals surface area contributed by atoms with Crippen molar-refractivity contribution in [2.24, 2.45) is 4.99 Å². The van der Waals surface area contributed by atoms with Crippen LogP contribution in [-0.4, -0.2) is 6.34 Å². The number of nitrogens with zero attached hydrogens (tertiary/aromatic N) is 1. The van der Waals surface area contributed by atoms with Crippen molar-refractivity contribution in [3.05, 3.63) is 71.3 Å². The molecule has 0 bridgehead atoms. The summed E-state index contributed by atoms with van der Waals surface area (Å²) in [5.74, 6) is -0.609. The third kappa shape index (κ3) is 2.34. The Hall–Kier alpha value is -2.23. The van der Waals surface area contributed by atoms with Gasteiger partial charge in [0.05, 0.1) is 6.04 Å². The first-order valence-corrected chi connectivity index (χ1v) is 5.95. The minimum absolute atomic E-state index is 0.225. The molecule has 0 aromatic heterocycles. The Morgan fingerprint density at radius 2 is 1.58 bits per heavy atom. The number of benzene rings is 2. The van der Waals surface area contributed by atoms with Crippen molar-refractivity contribution < 1.29 is 8.78 Å². The van der Waals surface area contributed by atoms with E-state index in [0.717, 1.165) is 11.1 Å². The van der Waals surface area contributed by atoms with Gasteiger partial charge in [-0.05, 0) is 35.4 Å². The Morgan fingerprint density at radius 3 is 2.26 bits per heavy atom. The fourth-order valence-electron chi connectivity index (χ4n) is 2.25. The van der Waals surface area contributed by atoms with Gasteiger partial charge in [0.1, 0.15) is 17.7 Å². The minimum atomic E-state index is -0.308. The molecule has 2 atom stereocenters. The first-order chi connectivity index (χ1) is 9.24. The second-order valence-electron chi connectivity index (χ2n) is 4.42. The zero-order chi connectivity index (χ0) is 13.2. The minimum Gasteiger partial charge on any atom is -0.358 e. The molecule has 1 radical (unpaired) electrons. The number of aliphatic imine (C=N–C) groups is 1. The Kier molecular flexibility index (Phi) is 2.99. The Balaban J connectivity index is 1.95. The molecular formula is C15H11F2N2. The lowest BCUT2D eigenvalue weighted by molar-refractivity contribution is 0.556. The van der Waals surface area contributed by atoms with Gasteiger partial charge < -0.3 is 5.32 Å². The van der Waals surface area contributed by atoms with E-state index in [2.05, 4.69) is 16.6 Å². The smallest absolute Gasteiger partial charge is 0.165 e. The van der Waals surface area contributed by atoms with Crippen LogP contribution in [0.4, 0.5) is 8.78 Å². The molecule has 1 N–H and O–H groups in total. The maximum Gasteiger partial charge on any atom is 0.165 e. The monoisotopic (exact) mass is 257 g/mol. The summed E-state index contributed by atoms with van der Waals surface area (Å²) in [5, 5.41) is 2.96. The van der Waals surface area contributed by atoms with E-state index < -0.39 is 0 Å². The molecule has 0 unspecified atom stereocenters. The van der Waals surface area contributed by atoms with Crippen LogP contribution in [0.25, 0.3) is 0 Å². The van der Waals surface area contributed by atoms with Gasteiger partial charge in [-0.15, -0.1) is 0 Å². The van der Waals surface area contributed by atoms with Gasteiger partial charge in [0.15, 0.2) is 6.34 Å². The highest BCUT2D eigenvalue weighted by molar-refractivity contribution is 5.60. The van der Waals surface area contributed by atoms with Gasteiger partial charge in [-0.25, -0.2) is 8.78 Å². The van der Waals surface area contributed by atoms with Crippen LogP contribution < -0.4 is 5.32 Å². The van der Waals surface area contributed by atoms with Crippen molar-refractivity contribution in [3.8, 4) is 0 Å². The lowest BCUT2D eigenvalue weighted by Crippen LogP contribution is -2.18. The van der Waals surface area contributed by atoms with Crippen molar-refractivity contribution in [1.82, 2.24) is 5.32 Å². The first-order valence-electron chi connectivity index (χ1n) is 5.95. The number of nitrogens with one attached hydrogen (secondary N) is 1. The highest BCUT2D eigenvalue weighted by Crippen LogP contribution is 2.34. The topological polar surface area (TPSA) is 24.4 Å². The Bertz CT molecular complexity index is 625. The van der Waals surface area contributed by atoms with E-state index >= 15 is 0 Å². The summed E-state index contributed by atoms with van der Waals surface area (Å²) in [6.07, 6.45) is 2.69. The van der Waals surface area contributed by atoms with Crippen molar-refractivity contribution in [1.29, 1.82) is 0 Å². The SMILES string of the molecule is Fc1cccc([C@H]2N=[C]N[C@H]2c2cccc(F)c2)c1. The summed E-state index contributed by atoms with van der Waals surface area (Å²) in [6, 6.07) is 12.1. The predicted octanol–water partition coefficient (Wildman–Crippen LogP) is 3.26. The Morgan fingerprint density at radius 1 is 0.947 bits per heavy atom. The molecule has 0 aliphatic carbocycles. The molecule has 1 aliphatic heterocycles. The molecule has 2 nitrogen and oxygen atoms in total. The molecular weight excluding hydrogens is 246 g/mol. The maximum atomic E-state index is 13.3. The first kappa shape index (κ1) is 11.8. The van der Waals surface area contributed by atoms with Gasteiger partial charge in [0.2, 0.25) is 0 Å². The third-order valence-corrected chi connectivity index (χ3v) is 3.14. The quantitative estimate of drug-likeness (QED) is 0.877. The zero-order valence-corrected chi connectivity index (χ0v) is 9.98. The van der Waals surface area contributed by atoms with Crippen LogP contribution >= 0.6 is 0 Å². The van der Waals surface area contributed by atoms with Crippen LogP contribution in [0.3, 0.4) is 0 Å². The summed E-state index contributed by atoms with van der Waals surface area (Å²) in [7, 11) is 0. The predicted molar refractivity (Wildman–Crippen MR) is 68.9 cm³/mol. The average molecular weight is 257 g/mol. The number of halogens is 2. The fraction of sp³-hybridized carbons (Fsp3) is 0.133. The van der Waals surface area contributed by atoms with Crippen molar-refractivity contribution in [2.45, 2.75) is 12.1 Å². The van der Waals surface area contributed by atoms with Gasteiger partial charge in [0, 0.05) is 0 Å². The second kappa shape index (κ2) is 4.80. The normalized spacial score (nSPS) is 21.4. The summed E-state index contributed by atoms with van der Waals surface area (Å²) in [6.45, 7) is 0. The summed E-state index contributed by atoms with van der Waals surface area (Å²) < 4.78 is 26.5. The van der Waals surface area contributed by atoms with Gasteiger partial charge >= 0.3 is 0 Å². The van der Waals surface area contributed by atoms with Crippen LogP contribution in [0, 0.1) is 11.6 Å². The molecule has 1 heterocycles. The van der Waals surface area contributed by atoms with Crippen LogP contribution in [-0.2, 0) is 0 Å². The van der Waals surface area contributed by atoms with E-state index in [0.29, 0.717) is 0 Å². The molecule has 0 saturated heterocycles. The molecule has 2 aromatic carbocycles. The zero-order valence-electron chi connectivity index (χ0n) is 9.98. The molecule has 19 heavy (non-hydrogen) atoms. The number of hydrogen-bond donors (Lipinski definition) is 1. The Labute approximate surface area is 109 Å². The van der Waals surface area contributed by atoms with Crippen molar-refractivity contribution >= 4 is 6.34 Å². The van der Waals surface area contributed by atoms with Crippen LogP contribution in [0.5, 0.6) is 0 Å². The molecule has 1 aliphatic rings. The van der Waals surface area contributed by atoms with Gasteiger partial charge in [0.25, 0.3) is 0 Å². The van der Waals surface area contributed by atoms with Crippen LogP contribution in [0.1, 0.15) is 23.2 Å². The lowest BCUT2D eigenvalue weighted by atomic mass is 9.95. The number of rotatable bonds is 2. The molecule has 3 rings (SSSR count). The standard InChI is InChI=1S/C15H11F2N2/c16-12-5-1-3-10(7-12)14-15(19-9-18-14)11-4-2-6-13(17)8-11/h1-8,14-15H,(H,18,19)/t14-,15+.